The van der Waals surface area contributed by atoms with Gasteiger partial charge in [-0.25, -0.2) is 0 Å². The molecule has 0 radical (unpaired) electrons. The highest BCUT2D eigenvalue weighted by Gasteiger charge is 2.13. The molecule has 0 spiro atoms. The fourth-order valence-electron chi connectivity index (χ4n) is 3.42. The van der Waals surface area contributed by atoms with E-state index in [1.165, 1.54) is 6.08 Å². The number of nitriles is 1. The smallest absolute Gasteiger partial charge is 0.266 e. The topological polar surface area (TPSA) is 71.3 Å². The van der Waals surface area contributed by atoms with Crippen LogP contribution >= 0.6 is 23.2 Å². The minimum atomic E-state index is -0.558. The molecule has 1 amide bonds. The minimum absolute atomic E-state index is 0.102. The van der Waals surface area contributed by atoms with Crippen molar-refractivity contribution in [3.05, 3.63) is 129 Å². The summed E-state index contributed by atoms with van der Waals surface area (Å²) in [7, 11) is 0. The molecule has 0 aliphatic carbocycles. The molecule has 5 nitrogen and oxygen atoms in total. The summed E-state index contributed by atoms with van der Waals surface area (Å²) in [4.78, 5) is 12.7. The molecule has 7 heteroatoms. The maximum absolute atomic E-state index is 12.7. The number of hydrogen-bond acceptors (Lipinski definition) is 4. The number of hydrogen-bond donors (Lipinski definition) is 1. The summed E-state index contributed by atoms with van der Waals surface area (Å²) in [5.74, 6) is 0.440. The van der Waals surface area contributed by atoms with Crippen LogP contribution < -0.4 is 14.8 Å². The third-order valence-electron chi connectivity index (χ3n) is 5.28. The Morgan fingerprint density at radius 2 is 1.35 bits per heavy atom. The van der Waals surface area contributed by atoms with E-state index in [1.807, 2.05) is 66.7 Å². The second-order valence-corrected chi connectivity index (χ2v) is 8.82. The lowest BCUT2D eigenvalue weighted by Gasteiger charge is -2.11. The zero-order valence-corrected chi connectivity index (χ0v) is 21.2. The molecule has 0 saturated heterocycles. The molecule has 0 fully saturated rings. The van der Waals surface area contributed by atoms with Crippen LogP contribution in [0.2, 0.25) is 10.0 Å². The quantitative estimate of drug-likeness (QED) is 0.178. The van der Waals surface area contributed by atoms with E-state index in [0.717, 1.165) is 11.1 Å². The summed E-state index contributed by atoms with van der Waals surface area (Å²) in [5, 5.41) is 12.8. The van der Waals surface area contributed by atoms with Crippen LogP contribution in [0, 0.1) is 11.3 Å². The van der Waals surface area contributed by atoms with Crippen LogP contribution in [-0.2, 0) is 18.0 Å². The molecule has 4 rings (SSSR count). The Bertz CT molecular complexity index is 1410. The van der Waals surface area contributed by atoms with Gasteiger partial charge >= 0.3 is 0 Å². The number of ether oxygens (including phenoxy) is 2. The first-order valence-electron chi connectivity index (χ1n) is 11.4. The Balaban J connectivity index is 1.39. The van der Waals surface area contributed by atoms with Crippen LogP contribution in [0.15, 0.2) is 103 Å². The molecule has 0 saturated carbocycles. The first-order valence-corrected chi connectivity index (χ1v) is 12.1. The molecule has 184 valence electrons. The molecule has 0 heterocycles. The van der Waals surface area contributed by atoms with Crippen molar-refractivity contribution >= 4 is 40.9 Å². The van der Waals surface area contributed by atoms with Crippen molar-refractivity contribution in [2.45, 2.75) is 13.2 Å². The van der Waals surface area contributed by atoms with E-state index in [2.05, 4.69) is 5.32 Å². The van der Waals surface area contributed by atoms with E-state index in [-0.39, 0.29) is 15.6 Å². The molecule has 0 atom stereocenters. The molecule has 0 unspecified atom stereocenters. The number of benzene rings is 4. The highest BCUT2D eigenvalue weighted by atomic mass is 35.5. The van der Waals surface area contributed by atoms with Crippen molar-refractivity contribution in [2.75, 3.05) is 5.32 Å². The van der Waals surface area contributed by atoms with Crippen molar-refractivity contribution in [3.63, 3.8) is 0 Å². The summed E-state index contributed by atoms with van der Waals surface area (Å²) in [6.45, 7) is 0.743. The molecular weight excluding hydrogens is 507 g/mol. The number of carbonyl (C=O) groups excluding carboxylic acids is 1. The first-order chi connectivity index (χ1) is 18.0. The Morgan fingerprint density at radius 1 is 0.811 bits per heavy atom. The van der Waals surface area contributed by atoms with Crippen molar-refractivity contribution < 1.29 is 14.3 Å². The van der Waals surface area contributed by atoms with E-state index in [4.69, 9.17) is 32.7 Å². The van der Waals surface area contributed by atoms with Gasteiger partial charge in [0.2, 0.25) is 0 Å². The molecule has 4 aromatic rings. The van der Waals surface area contributed by atoms with Crippen LogP contribution in [0.3, 0.4) is 0 Å². The van der Waals surface area contributed by atoms with Crippen LogP contribution in [0.25, 0.3) is 6.08 Å². The van der Waals surface area contributed by atoms with Crippen LogP contribution in [0.1, 0.15) is 16.7 Å². The standard InChI is InChI=1S/C30H22Cl2N2O3/c31-27-16-23(17-28(32)29(27)37-20-22-9-5-2-6-10-22)15-24(18-33)30(35)34-25-11-13-26(14-12-25)36-19-21-7-3-1-4-8-21/h1-17H,19-20H2,(H,34,35)/b24-15+. The first kappa shape index (κ1) is 25.8. The lowest BCUT2D eigenvalue weighted by molar-refractivity contribution is -0.112. The molecule has 4 aromatic carbocycles. The number of nitrogens with one attached hydrogen (secondary N) is 1. The average molecular weight is 529 g/mol. The normalized spacial score (nSPS) is 10.9. The minimum Gasteiger partial charge on any atom is -0.489 e. The van der Waals surface area contributed by atoms with Crippen LogP contribution in [-0.4, -0.2) is 5.91 Å². The van der Waals surface area contributed by atoms with Gasteiger partial charge in [-0.2, -0.15) is 5.26 Å². The fraction of sp³-hybridized carbons (Fsp3) is 0.0667. The Labute approximate surface area is 225 Å². The van der Waals surface area contributed by atoms with E-state index in [1.54, 1.807) is 36.4 Å². The third-order valence-corrected chi connectivity index (χ3v) is 5.84. The van der Waals surface area contributed by atoms with E-state index in [9.17, 15) is 10.1 Å². The molecular formula is C30H22Cl2N2O3. The SMILES string of the molecule is N#C/C(=C\c1cc(Cl)c(OCc2ccccc2)c(Cl)c1)C(=O)Nc1ccc(OCc2ccccc2)cc1. The third kappa shape index (κ3) is 7.37. The van der Waals surface area contributed by atoms with E-state index < -0.39 is 5.91 Å². The van der Waals surface area contributed by atoms with Gasteiger partial charge in [0.15, 0.2) is 5.75 Å². The number of amides is 1. The number of rotatable bonds is 9. The van der Waals surface area contributed by atoms with Crippen molar-refractivity contribution in [2.24, 2.45) is 0 Å². The average Bonchev–Trinajstić information content (AvgIpc) is 2.92. The summed E-state index contributed by atoms with van der Waals surface area (Å²) >= 11 is 12.8. The highest BCUT2D eigenvalue weighted by Crippen LogP contribution is 2.35. The van der Waals surface area contributed by atoms with Gasteiger partial charge in [-0.1, -0.05) is 83.9 Å². The van der Waals surface area contributed by atoms with Gasteiger partial charge in [0.1, 0.15) is 30.6 Å². The van der Waals surface area contributed by atoms with Gasteiger partial charge in [-0.15, -0.1) is 0 Å². The summed E-state index contributed by atoms with van der Waals surface area (Å²) in [5.41, 5.74) is 2.95. The molecule has 1 N–H and O–H groups in total. The lowest BCUT2D eigenvalue weighted by Crippen LogP contribution is -2.13. The summed E-state index contributed by atoms with van der Waals surface area (Å²) in [6, 6.07) is 31.5. The zero-order valence-electron chi connectivity index (χ0n) is 19.7. The summed E-state index contributed by atoms with van der Waals surface area (Å²) < 4.78 is 11.5. The maximum atomic E-state index is 12.7. The van der Waals surface area contributed by atoms with Crippen LogP contribution in [0.4, 0.5) is 5.69 Å². The van der Waals surface area contributed by atoms with Gasteiger partial charge in [-0.3, -0.25) is 4.79 Å². The Morgan fingerprint density at radius 3 is 1.89 bits per heavy atom. The fourth-order valence-corrected chi connectivity index (χ4v) is 4.03. The second-order valence-electron chi connectivity index (χ2n) is 8.01. The second kappa shape index (κ2) is 12.6. The van der Waals surface area contributed by atoms with E-state index in [0.29, 0.717) is 36.0 Å². The lowest BCUT2D eigenvalue weighted by atomic mass is 10.1. The summed E-state index contributed by atoms with van der Waals surface area (Å²) in [6.07, 6.45) is 1.42. The number of anilines is 1. The van der Waals surface area contributed by atoms with Gasteiger partial charge in [0.05, 0.1) is 10.0 Å². The zero-order chi connectivity index (χ0) is 26.0. The number of nitrogens with zero attached hydrogens (tertiary/aromatic N) is 1. The Kier molecular flexibility index (Phi) is 8.83. The van der Waals surface area contributed by atoms with Gasteiger partial charge < -0.3 is 14.8 Å². The van der Waals surface area contributed by atoms with Crippen molar-refractivity contribution in [1.82, 2.24) is 0 Å². The van der Waals surface area contributed by atoms with Gasteiger partial charge in [0, 0.05) is 5.69 Å². The predicted molar refractivity (Wildman–Crippen MR) is 147 cm³/mol. The largest absolute Gasteiger partial charge is 0.489 e. The molecule has 0 aromatic heterocycles. The Hall–Kier alpha value is -4.24. The maximum Gasteiger partial charge on any atom is 0.266 e. The predicted octanol–water partition coefficient (Wildman–Crippen LogP) is 7.70. The molecule has 0 aliphatic heterocycles. The van der Waals surface area contributed by atoms with E-state index >= 15 is 0 Å². The molecule has 0 bridgehead atoms. The molecule has 0 aliphatic rings. The van der Waals surface area contributed by atoms with Gasteiger partial charge in [0.25, 0.3) is 5.91 Å². The highest BCUT2D eigenvalue weighted by molar-refractivity contribution is 6.37. The van der Waals surface area contributed by atoms with Crippen molar-refractivity contribution in [1.29, 1.82) is 5.26 Å². The molecule has 37 heavy (non-hydrogen) atoms. The van der Waals surface area contributed by atoms with Crippen LogP contribution in [0.5, 0.6) is 11.5 Å². The monoisotopic (exact) mass is 528 g/mol. The number of halogens is 2. The number of carbonyl (C=O) groups is 1. The van der Waals surface area contributed by atoms with Gasteiger partial charge in [-0.05, 0) is 59.2 Å². The van der Waals surface area contributed by atoms with Crippen molar-refractivity contribution in [3.8, 4) is 17.6 Å².